The van der Waals surface area contributed by atoms with Crippen LogP contribution in [0.2, 0.25) is 0 Å². The number of carboxylic acids is 2. The monoisotopic (exact) mass is 249 g/mol. The molecule has 1 aliphatic heterocycles. The molecule has 0 aliphatic carbocycles. The first-order valence-corrected chi connectivity index (χ1v) is 6.07. The highest BCUT2D eigenvalue weighted by atomic mass is 16.4. The zero-order valence-electron chi connectivity index (χ0n) is 10.5. The Hall–Kier alpha value is -1.78. The van der Waals surface area contributed by atoms with E-state index in [2.05, 4.69) is 0 Å². The summed E-state index contributed by atoms with van der Waals surface area (Å²) in [4.78, 5) is 22.5. The highest BCUT2D eigenvalue weighted by molar-refractivity contribution is 5.92. The first-order valence-electron chi connectivity index (χ1n) is 6.07. The Morgan fingerprint density at radius 1 is 1.22 bits per heavy atom. The molecule has 0 saturated carbocycles. The molecule has 18 heavy (non-hydrogen) atoms. The van der Waals surface area contributed by atoms with Crippen molar-refractivity contribution in [1.82, 2.24) is 4.57 Å². The number of fused-ring (bicyclic) bond motifs is 1. The van der Waals surface area contributed by atoms with Crippen LogP contribution >= 0.6 is 0 Å². The Balaban J connectivity index is 2.71. The number of aromatic carboxylic acids is 1. The quantitative estimate of drug-likeness (QED) is 0.706. The van der Waals surface area contributed by atoms with E-state index >= 15 is 0 Å². The van der Waals surface area contributed by atoms with Crippen LogP contribution in [-0.2, 0) is 11.3 Å². The van der Waals surface area contributed by atoms with Crippen LogP contribution < -0.4 is 10.2 Å². The van der Waals surface area contributed by atoms with Gasteiger partial charge in [-0.3, -0.25) is 0 Å². The second kappa shape index (κ2) is 4.48. The van der Waals surface area contributed by atoms with Crippen LogP contribution in [0, 0.1) is 13.8 Å². The largest absolute Gasteiger partial charge is 0.549 e. The molecule has 1 atom stereocenters. The lowest BCUT2D eigenvalue weighted by molar-refractivity contribution is -0.308. The van der Waals surface area contributed by atoms with E-state index in [0.717, 1.165) is 18.5 Å². The van der Waals surface area contributed by atoms with Gasteiger partial charge in [0, 0.05) is 29.4 Å². The molecule has 0 saturated heterocycles. The molecule has 0 N–H and O–H groups in total. The zero-order chi connectivity index (χ0) is 13.4. The third-order valence-electron chi connectivity index (χ3n) is 3.81. The minimum atomic E-state index is -1.31. The van der Waals surface area contributed by atoms with Gasteiger partial charge in [0.05, 0.1) is 11.9 Å². The fourth-order valence-electron chi connectivity index (χ4n) is 2.78. The molecule has 5 heteroatoms. The van der Waals surface area contributed by atoms with Gasteiger partial charge in [-0.25, -0.2) is 0 Å². The lowest BCUT2D eigenvalue weighted by Gasteiger charge is -2.20. The van der Waals surface area contributed by atoms with E-state index in [1.807, 2.05) is 6.92 Å². The van der Waals surface area contributed by atoms with E-state index in [1.54, 1.807) is 11.5 Å². The van der Waals surface area contributed by atoms with Crippen molar-refractivity contribution in [3.8, 4) is 0 Å². The van der Waals surface area contributed by atoms with Crippen molar-refractivity contribution in [2.24, 2.45) is 0 Å². The fraction of sp³-hybridized carbons (Fsp3) is 0.538. The van der Waals surface area contributed by atoms with Gasteiger partial charge < -0.3 is 24.4 Å². The van der Waals surface area contributed by atoms with Crippen molar-refractivity contribution in [2.45, 2.75) is 45.6 Å². The average molecular weight is 249 g/mol. The summed E-state index contributed by atoms with van der Waals surface area (Å²) in [5.41, 5.74) is 1.78. The molecule has 0 spiro atoms. The molecule has 2 rings (SSSR count). The van der Waals surface area contributed by atoms with Crippen molar-refractivity contribution in [3.05, 3.63) is 22.5 Å². The second-order valence-corrected chi connectivity index (χ2v) is 4.78. The van der Waals surface area contributed by atoms with Gasteiger partial charge in [0.25, 0.3) is 0 Å². The van der Waals surface area contributed by atoms with Crippen LogP contribution in [0.25, 0.3) is 0 Å². The smallest absolute Gasteiger partial charge is 0.0736 e. The SMILES string of the molecule is Cc1c(C(=O)[O-])c2n(c1C)CCCCC2C(=O)[O-]. The molecule has 0 amide bonds. The van der Waals surface area contributed by atoms with Crippen LogP contribution in [0.5, 0.6) is 0 Å². The molecule has 1 aromatic rings. The van der Waals surface area contributed by atoms with Crippen molar-refractivity contribution in [2.75, 3.05) is 0 Å². The second-order valence-electron chi connectivity index (χ2n) is 4.78. The molecule has 98 valence electrons. The third-order valence-corrected chi connectivity index (χ3v) is 3.81. The Kier molecular flexibility index (Phi) is 3.15. The van der Waals surface area contributed by atoms with Crippen LogP contribution in [0.1, 0.15) is 52.5 Å². The summed E-state index contributed by atoms with van der Waals surface area (Å²) >= 11 is 0. The number of carboxylic acid groups (broad SMARTS) is 2. The molecule has 0 bridgehead atoms. The Labute approximate surface area is 105 Å². The van der Waals surface area contributed by atoms with Crippen LogP contribution in [-0.4, -0.2) is 16.5 Å². The molecular weight excluding hydrogens is 234 g/mol. The van der Waals surface area contributed by atoms with Crippen molar-refractivity contribution in [3.63, 3.8) is 0 Å². The van der Waals surface area contributed by atoms with Gasteiger partial charge in [-0.05, 0) is 32.3 Å². The lowest BCUT2D eigenvalue weighted by atomic mass is 9.95. The summed E-state index contributed by atoms with van der Waals surface area (Å²) in [5.74, 6) is -3.37. The highest BCUT2D eigenvalue weighted by Gasteiger charge is 2.27. The minimum absolute atomic E-state index is 0.0311. The molecule has 5 nitrogen and oxygen atoms in total. The number of nitrogens with zero attached hydrogens (tertiary/aromatic N) is 1. The van der Waals surface area contributed by atoms with Gasteiger partial charge in [0.2, 0.25) is 0 Å². The zero-order valence-corrected chi connectivity index (χ0v) is 10.5. The first-order chi connectivity index (χ1) is 8.45. The summed E-state index contributed by atoms with van der Waals surface area (Å²) in [5, 5.41) is 22.5. The molecule has 1 unspecified atom stereocenters. The Morgan fingerprint density at radius 3 is 2.44 bits per heavy atom. The van der Waals surface area contributed by atoms with Gasteiger partial charge in [-0.2, -0.15) is 0 Å². The van der Waals surface area contributed by atoms with Gasteiger partial charge in [0.15, 0.2) is 0 Å². The molecule has 2 heterocycles. The van der Waals surface area contributed by atoms with E-state index in [9.17, 15) is 19.8 Å². The van der Waals surface area contributed by atoms with Gasteiger partial charge in [-0.1, -0.05) is 6.42 Å². The van der Waals surface area contributed by atoms with Gasteiger partial charge in [0.1, 0.15) is 0 Å². The van der Waals surface area contributed by atoms with E-state index in [4.69, 9.17) is 0 Å². The lowest BCUT2D eigenvalue weighted by Crippen LogP contribution is -2.33. The summed E-state index contributed by atoms with van der Waals surface area (Å²) < 4.78 is 1.80. The minimum Gasteiger partial charge on any atom is -0.549 e. The summed E-state index contributed by atoms with van der Waals surface area (Å²) in [6, 6.07) is 0. The standard InChI is InChI=1S/C13H17NO4/c1-7-8(2)14-6-4-3-5-9(12(15)16)11(14)10(7)13(17)18/h9H,3-6H2,1-2H3,(H,15,16)(H,17,18)/p-2. The normalized spacial score (nSPS) is 19.1. The number of hydrogen-bond acceptors (Lipinski definition) is 4. The van der Waals surface area contributed by atoms with E-state index in [-0.39, 0.29) is 5.56 Å². The van der Waals surface area contributed by atoms with Crippen LogP contribution in [0.3, 0.4) is 0 Å². The van der Waals surface area contributed by atoms with Crippen molar-refractivity contribution in [1.29, 1.82) is 0 Å². The van der Waals surface area contributed by atoms with E-state index < -0.39 is 17.9 Å². The first kappa shape index (κ1) is 12.7. The molecule has 0 aromatic carbocycles. The highest BCUT2D eigenvalue weighted by Crippen LogP contribution is 2.33. The number of aliphatic carboxylic acids is 1. The number of carbonyl (C=O) groups is 2. The Morgan fingerprint density at radius 2 is 1.89 bits per heavy atom. The van der Waals surface area contributed by atoms with Crippen LogP contribution in [0.4, 0.5) is 0 Å². The number of aromatic nitrogens is 1. The molecular formula is C13H15NO4-2. The summed E-state index contributed by atoms with van der Waals surface area (Å²) in [7, 11) is 0. The number of hydrogen-bond donors (Lipinski definition) is 0. The Bertz CT molecular complexity index is 516. The fourth-order valence-corrected chi connectivity index (χ4v) is 2.78. The van der Waals surface area contributed by atoms with Crippen molar-refractivity contribution >= 4 is 11.9 Å². The maximum absolute atomic E-state index is 11.2. The maximum Gasteiger partial charge on any atom is 0.0736 e. The van der Waals surface area contributed by atoms with E-state index in [1.165, 1.54) is 0 Å². The molecule has 0 fully saturated rings. The molecule has 1 aliphatic rings. The van der Waals surface area contributed by atoms with E-state index in [0.29, 0.717) is 24.2 Å². The number of rotatable bonds is 2. The number of carbonyl (C=O) groups excluding carboxylic acids is 2. The predicted molar refractivity (Wildman–Crippen MR) is 59.8 cm³/mol. The maximum atomic E-state index is 11.2. The average Bonchev–Trinajstić information content (AvgIpc) is 2.48. The summed E-state index contributed by atoms with van der Waals surface area (Å²) in [6.45, 7) is 4.15. The van der Waals surface area contributed by atoms with Gasteiger partial charge in [-0.15, -0.1) is 0 Å². The van der Waals surface area contributed by atoms with Gasteiger partial charge >= 0.3 is 0 Å². The predicted octanol–water partition coefficient (Wildman–Crippen LogP) is -0.514. The topological polar surface area (TPSA) is 85.2 Å². The van der Waals surface area contributed by atoms with Crippen LogP contribution in [0.15, 0.2) is 0 Å². The molecule has 1 aromatic heterocycles. The molecule has 0 radical (unpaired) electrons. The third kappa shape index (κ3) is 1.79. The van der Waals surface area contributed by atoms with Crippen molar-refractivity contribution < 1.29 is 19.8 Å². The summed E-state index contributed by atoms with van der Waals surface area (Å²) in [6.07, 6.45) is 2.02.